The highest BCUT2D eigenvalue weighted by atomic mass is 16.5. The summed E-state index contributed by atoms with van der Waals surface area (Å²) in [7, 11) is 1.64. The highest BCUT2D eigenvalue weighted by Gasteiger charge is 2.19. The summed E-state index contributed by atoms with van der Waals surface area (Å²) in [6.07, 6.45) is 0.840. The Bertz CT molecular complexity index is 756. The van der Waals surface area contributed by atoms with Gasteiger partial charge in [-0.25, -0.2) is 4.98 Å². The molecule has 0 saturated carbocycles. The van der Waals surface area contributed by atoms with Gasteiger partial charge in [-0.15, -0.1) is 0 Å². The van der Waals surface area contributed by atoms with Crippen molar-refractivity contribution in [2.24, 2.45) is 0 Å². The summed E-state index contributed by atoms with van der Waals surface area (Å²) in [6, 6.07) is 7.84. The Morgan fingerprint density at radius 3 is 2.96 bits per heavy atom. The first kappa shape index (κ1) is 15.3. The lowest BCUT2D eigenvalue weighted by Gasteiger charge is -2.21. The summed E-state index contributed by atoms with van der Waals surface area (Å²) >= 11 is 0. The van der Waals surface area contributed by atoms with Crippen LogP contribution in [0.2, 0.25) is 0 Å². The van der Waals surface area contributed by atoms with Gasteiger partial charge < -0.3 is 15.4 Å². The number of aryl methyl sites for hydroxylation is 2. The molecule has 0 unspecified atom stereocenters. The molecule has 1 amide bonds. The number of methoxy groups -OCH3 is 1. The molecule has 120 valence electrons. The molecule has 1 aromatic carbocycles. The molecule has 0 radical (unpaired) electrons. The maximum absolute atomic E-state index is 11.9. The summed E-state index contributed by atoms with van der Waals surface area (Å²) in [6.45, 7) is 5.31. The zero-order valence-corrected chi connectivity index (χ0v) is 13.7. The Balaban J connectivity index is 1.88. The Kier molecular flexibility index (Phi) is 4.19. The summed E-state index contributed by atoms with van der Waals surface area (Å²) < 4.78 is 5.41. The van der Waals surface area contributed by atoms with E-state index < -0.39 is 0 Å². The van der Waals surface area contributed by atoms with Crippen LogP contribution in [0.4, 0.5) is 5.69 Å². The van der Waals surface area contributed by atoms with Crippen LogP contribution in [0.5, 0.6) is 5.88 Å². The van der Waals surface area contributed by atoms with E-state index in [4.69, 9.17) is 4.74 Å². The number of anilines is 1. The summed E-state index contributed by atoms with van der Waals surface area (Å²) in [5, 5.41) is 6.32. The summed E-state index contributed by atoms with van der Waals surface area (Å²) in [5.74, 6) is 0.651. The van der Waals surface area contributed by atoms with Crippen LogP contribution in [-0.4, -0.2) is 24.5 Å². The Morgan fingerprint density at radius 1 is 1.35 bits per heavy atom. The first-order valence-corrected chi connectivity index (χ1v) is 7.75. The average Bonchev–Trinajstić information content (AvgIpc) is 2.54. The maximum atomic E-state index is 11.9. The molecule has 2 aromatic rings. The second-order valence-corrected chi connectivity index (χ2v) is 5.76. The minimum atomic E-state index is 0.000615. The SMILES string of the molecule is COc1nc(C)cc(C)c1CNc1cccc2c1CCNC2=O. The quantitative estimate of drug-likeness (QED) is 0.911. The van der Waals surface area contributed by atoms with Gasteiger partial charge in [0.2, 0.25) is 5.88 Å². The second kappa shape index (κ2) is 6.28. The fourth-order valence-corrected chi connectivity index (χ4v) is 3.03. The first-order valence-electron chi connectivity index (χ1n) is 7.75. The lowest BCUT2D eigenvalue weighted by molar-refractivity contribution is 0.0946. The van der Waals surface area contributed by atoms with Crippen molar-refractivity contribution in [1.29, 1.82) is 0 Å². The third-order valence-electron chi connectivity index (χ3n) is 4.17. The maximum Gasteiger partial charge on any atom is 0.251 e. The molecule has 1 aliphatic heterocycles. The number of ether oxygens (including phenoxy) is 1. The van der Waals surface area contributed by atoms with E-state index in [1.54, 1.807) is 7.11 Å². The van der Waals surface area contributed by atoms with Gasteiger partial charge in [-0.1, -0.05) is 6.07 Å². The fraction of sp³-hybridized carbons (Fsp3) is 0.333. The normalized spacial score (nSPS) is 13.3. The predicted octanol–water partition coefficient (Wildman–Crippen LogP) is 2.61. The molecule has 5 heteroatoms. The number of carbonyl (C=O) groups is 1. The predicted molar refractivity (Wildman–Crippen MR) is 90.1 cm³/mol. The van der Waals surface area contributed by atoms with Crippen LogP contribution in [0.25, 0.3) is 0 Å². The lowest BCUT2D eigenvalue weighted by atomic mass is 9.98. The van der Waals surface area contributed by atoms with Gasteiger partial charge in [-0.2, -0.15) is 0 Å². The zero-order valence-electron chi connectivity index (χ0n) is 13.7. The van der Waals surface area contributed by atoms with Crippen LogP contribution in [0.3, 0.4) is 0 Å². The minimum absolute atomic E-state index is 0.000615. The first-order chi connectivity index (χ1) is 11.1. The molecule has 3 rings (SSSR count). The zero-order chi connectivity index (χ0) is 16.4. The van der Waals surface area contributed by atoms with E-state index >= 15 is 0 Å². The molecular weight excluding hydrogens is 290 g/mol. The lowest BCUT2D eigenvalue weighted by Crippen LogP contribution is -2.32. The van der Waals surface area contributed by atoms with Crippen LogP contribution in [0.15, 0.2) is 24.3 Å². The number of benzene rings is 1. The molecule has 2 heterocycles. The second-order valence-electron chi connectivity index (χ2n) is 5.76. The number of rotatable bonds is 4. The molecule has 0 bridgehead atoms. The van der Waals surface area contributed by atoms with Crippen LogP contribution in [0, 0.1) is 13.8 Å². The minimum Gasteiger partial charge on any atom is -0.481 e. The molecule has 0 fully saturated rings. The van der Waals surface area contributed by atoms with Gasteiger partial charge in [-0.05, 0) is 49.6 Å². The summed E-state index contributed by atoms with van der Waals surface area (Å²) in [4.78, 5) is 16.4. The van der Waals surface area contributed by atoms with Crippen molar-refractivity contribution in [3.63, 3.8) is 0 Å². The van der Waals surface area contributed by atoms with Crippen molar-refractivity contribution < 1.29 is 9.53 Å². The number of nitrogens with zero attached hydrogens (tertiary/aromatic N) is 1. The van der Waals surface area contributed by atoms with Crippen molar-refractivity contribution in [2.45, 2.75) is 26.8 Å². The van der Waals surface area contributed by atoms with Crippen LogP contribution in [0.1, 0.15) is 32.7 Å². The van der Waals surface area contributed by atoms with Gasteiger partial charge in [0, 0.05) is 35.6 Å². The number of hydrogen-bond acceptors (Lipinski definition) is 4. The molecule has 2 N–H and O–H groups in total. The molecule has 0 atom stereocenters. The summed E-state index contributed by atoms with van der Waals surface area (Å²) in [5.41, 5.74) is 5.96. The van der Waals surface area contributed by atoms with Gasteiger partial charge in [-0.3, -0.25) is 4.79 Å². The number of nitrogens with one attached hydrogen (secondary N) is 2. The largest absolute Gasteiger partial charge is 0.481 e. The van der Waals surface area contributed by atoms with Gasteiger partial charge in [0.25, 0.3) is 5.91 Å². The van der Waals surface area contributed by atoms with E-state index in [0.29, 0.717) is 19.0 Å². The standard InChI is InChI=1S/C18H21N3O2/c1-11-9-12(2)21-18(23-3)15(11)10-20-16-6-4-5-14-13(16)7-8-19-17(14)22/h4-6,9,20H,7-8,10H2,1-3H3,(H,19,22). The molecule has 23 heavy (non-hydrogen) atoms. The average molecular weight is 311 g/mol. The topological polar surface area (TPSA) is 63.2 Å². The number of amides is 1. The Morgan fingerprint density at radius 2 is 2.17 bits per heavy atom. The molecule has 0 saturated heterocycles. The van der Waals surface area contributed by atoms with Crippen molar-refractivity contribution in [2.75, 3.05) is 19.0 Å². The molecular formula is C18H21N3O2. The van der Waals surface area contributed by atoms with Crippen molar-refractivity contribution in [3.8, 4) is 5.88 Å². The van der Waals surface area contributed by atoms with Crippen molar-refractivity contribution in [1.82, 2.24) is 10.3 Å². The van der Waals surface area contributed by atoms with Crippen molar-refractivity contribution >= 4 is 11.6 Å². The number of aromatic nitrogens is 1. The van der Waals surface area contributed by atoms with Gasteiger partial charge >= 0.3 is 0 Å². The highest BCUT2D eigenvalue weighted by molar-refractivity contribution is 5.98. The monoisotopic (exact) mass is 311 g/mol. The molecule has 1 aliphatic rings. The third-order valence-corrected chi connectivity index (χ3v) is 4.17. The van der Waals surface area contributed by atoms with Crippen molar-refractivity contribution in [3.05, 3.63) is 52.2 Å². The van der Waals surface area contributed by atoms with E-state index in [-0.39, 0.29) is 5.91 Å². The van der Waals surface area contributed by atoms with E-state index in [0.717, 1.165) is 40.1 Å². The van der Waals surface area contributed by atoms with Crippen LogP contribution in [-0.2, 0) is 13.0 Å². The number of carbonyl (C=O) groups excluding carboxylic acids is 1. The number of fused-ring (bicyclic) bond motifs is 1. The third kappa shape index (κ3) is 2.99. The van der Waals surface area contributed by atoms with E-state index in [1.807, 2.05) is 31.2 Å². The van der Waals surface area contributed by atoms with E-state index in [9.17, 15) is 4.79 Å². The number of hydrogen-bond donors (Lipinski definition) is 2. The molecule has 0 spiro atoms. The van der Waals surface area contributed by atoms with Crippen LogP contribution >= 0.6 is 0 Å². The van der Waals surface area contributed by atoms with E-state index in [1.165, 1.54) is 0 Å². The van der Waals surface area contributed by atoms with E-state index in [2.05, 4.69) is 22.5 Å². The Labute approximate surface area is 136 Å². The van der Waals surface area contributed by atoms with Gasteiger partial charge in [0.15, 0.2) is 0 Å². The fourth-order valence-electron chi connectivity index (χ4n) is 3.03. The highest BCUT2D eigenvalue weighted by Crippen LogP contribution is 2.26. The molecule has 0 aliphatic carbocycles. The molecule has 1 aromatic heterocycles. The van der Waals surface area contributed by atoms with Gasteiger partial charge in [0.1, 0.15) is 0 Å². The van der Waals surface area contributed by atoms with Gasteiger partial charge in [0.05, 0.1) is 7.11 Å². The molecule has 5 nitrogen and oxygen atoms in total. The van der Waals surface area contributed by atoms with Crippen LogP contribution < -0.4 is 15.4 Å². The smallest absolute Gasteiger partial charge is 0.251 e. The Hall–Kier alpha value is -2.56. The number of pyridine rings is 1.